The van der Waals surface area contributed by atoms with E-state index in [2.05, 4.69) is 6.92 Å². The molecule has 3 aliphatic heterocycles. The van der Waals surface area contributed by atoms with Crippen LogP contribution in [0, 0.1) is 28.6 Å². The molecule has 8 rings (SSSR count). The molecule has 0 radical (unpaired) electrons. The fourth-order valence-corrected chi connectivity index (χ4v) is 13.6. The lowest BCUT2D eigenvalue weighted by Gasteiger charge is -2.68. The van der Waals surface area contributed by atoms with Gasteiger partial charge in [-0.2, -0.15) is 0 Å². The molecule has 7 fully saturated rings. The van der Waals surface area contributed by atoms with E-state index in [4.69, 9.17) is 37.9 Å². The molecule has 0 aromatic heterocycles. The van der Waals surface area contributed by atoms with Crippen LogP contribution in [0.2, 0.25) is 0 Å². The molecule has 0 spiro atoms. The highest BCUT2D eigenvalue weighted by atomic mass is 16.8. The SMILES string of the molecule is CO[C@@H]1[C@@H](O)[C@H](O[C@H]2CC[C@@]3(C)C(CC[C@]4(O)[C@@H]3CC[C@]3(C)[C@@H]([C@@](C)(O)OC(=O)c5ccccc5)C[C@@H](O)[C@@]34O)C2)O[C@H](C)[C@@H]1O[C@@H]1O[C@H](CO[C@@H]2O[C@H](CO)[C@@H](O)[C@H](O)[C@H]2O)[C@@H](O)[C@H](O)[C@H]1O. The second-order valence-electron chi connectivity index (χ2n) is 21.1. The summed E-state index contributed by atoms with van der Waals surface area (Å²) in [5.41, 5.74) is -5.28. The Morgan fingerprint density at radius 1 is 0.750 bits per heavy atom. The van der Waals surface area contributed by atoms with Crippen LogP contribution in [-0.2, 0) is 37.9 Å². The van der Waals surface area contributed by atoms with E-state index in [1.165, 1.54) is 14.0 Å². The van der Waals surface area contributed by atoms with Crippen LogP contribution >= 0.6 is 0 Å². The van der Waals surface area contributed by atoms with Gasteiger partial charge in [0.05, 0.1) is 42.7 Å². The van der Waals surface area contributed by atoms with Gasteiger partial charge >= 0.3 is 5.97 Å². The van der Waals surface area contributed by atoms with Gasteiger partial charge in [-0.15, -0.1) is 0 Å². The second kappa shape index (κ2) is 19.4. The molecule has 68 heavy (non-hydrogen) atoms. The Morgan fingerprint density at radius 2 is 1.38 bits per heavy atom. The van der Waals surface area contributed by atoms with Crippen LogP contribution < -0.4 is 0 Å². The first kappa shape index (κ1) is 52.3. The van der Waals surface area contributed by atoms with E-state index in [1.54, 1.807) is 44.2 Å². The Hall–Kier alpha value is -2.07. The van der Waals surface area contributed by atoms with Crippen LogP contribution in [-0.4, -0.2) is 209 Å². The molecular formula is C47H72O21. The van der Waals surface area contributed by atoms with Crippen molar-refractivity contribution in [3.63, 3.8) is 0 Å². The predicted molar refractivity (Wildman–Crippen MR) is 229 cm³/mol. The Bertz CT molecular complexity index is 1890. The first-order chi connectivity index (χ1) is 32.0. The molecule has 21 heteroatoms. The van der Waals surface area contributed by atoms with E-state index in [-0.39, 0.29) is 24.3 Å². The number of esters is 1. The zero-order valence-electron chi connectivity index (χ0n) is 39.0. The van der Waals surface area contributed by atoms with Gasteiger partial charge in [0, 0.05) is 25.4 Å². The number of carbonyl (C=O) groups is 1. The van der Waals surface area contributed by atoms with Gasteiger partial charge in [0.1, 0.15) is 72.7 Å². The molecule has 4 aliphatic carbocycles. The molecule has 25 atom stereocenters. The Balaban J connectivity index is 0.895. The molecule has 3 saturated heterocycles. The van der Waals surface area contributed by atoms with Gasteiger partial charge in [-0.3, -0.25) is 0 Å². The number of aliphatic hydroxyl groups is 12. The molecule has 12 N–H and O–H groups in total. The largest absolute Gasteiger partial charge is 0.430 e. The van der Waals surface area contributed by atoms with Crippen molar-refractivity contribution in [2.24, 2.45) is 28.6 Å². The first-order valence-corrected chi connectivity index (χ1v) is 23.9. The summed E-state index contributed by atoms with van der Waals surface area (Å²) >= 11 is 0. The number of fused-ring (bicyclic) bond motifs is 5. The summed E-state index contributed by atoms with van der Waals surface area (Å²) in [7, 11) is 1.34. The van der Waals surface area contributed by atoms with Gasteiger partial charge in [-0.05, 0) is 87.7 Å². The highest BCUT2D eigenvalue weighted by Crippen LogP contribution is 2.71. The molecule has 0 amide bonds. The predicted octanol–water partition coefficient (Wildman–Crippen LogP) is -2.07. The molecule has 3 heterocycles. The summed E-state index contributed by atoms with van der Waals surface area (Å²) in [6.07, 6.45) is -21.0. The van der Waals surface area contributed by atoms with Crippen LogP contribution in [0.1, 0.15) is 89.4 Å². The van der Waals surface area contributed by atoms with Crippen LogP contribution in [0.3, 0.4) is 0 Å². The molecule has 4 saturated carbocycles. The minimum Gasteiger partial charge on any atom is -0.430 e. The fourth-order valence-electron chi connectivity index (χ4n) is 13.6. The van der Waals surface area contributed by atoms with Gasteiger partial charge in [0.25, 0.3) is 0 Å². The van der Waals surface area contributed by atoms with Crippen molar-refractivity contribution in [1.82, 2.24) is 0 Å². The number of rotatable bonds is 12. The maximum Gasteiger partial charge on any atom is 0.340 e. The molecule has 21 nitrogen and oxygen atoms in total. The maximum atomic E-state index is 13.1. The first-order valence-electron chi connectivity index (χ1n) is 23.9. The summed E-state index contributed by atoms with van der Waals surface area (Å²) in [6, 6.07) is 8.23. The Kier molecular flexibility index (Phi) is 14.9. The molecule has 386 valence electrons. The van der Waals surface area contributed by atoms with Crippen molar-refractivity contribution in [1.29, 1.82) is 0 Å². The molecule has 1 aromatic carbocycles. The number of hydrogen-bond acceptors (Lipinski definition) is 21. The quantitative estimate of drug-likeness (QED) is 0.0608. The smallest absolute Gasteiger partial charge is 0.340 e. The third-order valence-electron chi connectivity index (χ3n) is 17.5. The number of aliphatic hydroxyl groups excluding tert-OH is 9. The highest BCUT2D eigenvalue weighted by Gasteiger charge is 2.79. The number of hydrogen-bond donors (Lipinski definition) is 12. The lowest BCUT2D eigenvalue weighted by Crippen LogP contribution is -2.76. The third kappa shape index (κ3) is 8.56. The van der Waals surface area contributed by atoms with Crippen LogP contribution in [0.4, 0.5) is 0 Å². The second-order valence-corrected chi connectivity index (χ2v) is 21.1. The Labute approximate surface area is 394 Å². The zero-order valence-corrected chi connectivity index (χ0v) is 39.0. The average molecular weight is 973 g/mol. The molecular weight excluding hydrogens is 900 g/mol. The lowest BCUT2D eigenvalue weighted by molar-refractivity contribution is -0.368. The van der Waals surface area contributed by atoms with E-state index in [9.17, 15) is 66.1 Å². The van der Waals surface area contributed by atoms with Gasteiger partial charge < -0.3 is 99.2 Å². The van der Waals surface area contributed by atoms with Gasteiger partial charge in [-0.1, -0.05) is 32.0 Å². The maximum absolute atomic E-state index is 13.1. The zero-order chi connectivity index (χ0) is 49.5. The van der Waals surface area contributed by atoms with Gasteiger partial charge in [0.15, 0.2) is 18.9 Å². The monoisotopic (exact) mass is 972 g/mol. The number of benzene rings is 1. The van der Waals surface area contributed by atoms with Crippen LogP contribution in [0.25, 0.3) is 0 Å². The standard InChI is InChI=1S/C47H72O21/c1-21-37(67-41-35(55)33(53)31(51)26(66-41)20-62-40-34(54)32(52)30(50)25(19-48)65-40)38(61-5)36(56)42(63-21)64-24-12-14-43(2)23(17-24)11-16-46(59)27(43)13-15-44(3)28(18-29(49)47(44,46)60)45(4,58)68-39(57)22-9-7-6-8-10-22/h6-10,21,23-38,40-42,48-56,58-60H,11-20H2,1-5H3/t21-,23?,24+,25-,26-,27-,28+,29-,30-,31-,32+,33+,34-,35-,36-,37+,38-,40-,41+,42+,43+,44-,45+,46+,47-/m1/s1. The van der Waals surface area contributed by atoms with E-state index in [0.29, 0.717) is 38.5 Å². The summed E-state index contributed by atoms with van der Waals surface area (Å²) in [6.45, 7) is 5.59. The van der Waals surface area contributed by atoms with E-state index in [0.717, 1.165) is 0 Å². The fraction of sp³-hybridized carbons (Fsp3) is 0.851. The molecule has 7 aliphatic rings. The van der Waals surface area contributed by atoms with Gasteiger partial charge in [-0.25, -0.2) is 4.79 Å². The average Bonchev–Trinajstić information content (AvgIpc) is 3.53. The topological polar surface area (TPSA) is 334 Å². The van der Waals surface area contributed by atoms with Crippen LogP contribution in [0.5, 0.6) is 0 Å². The molecule has 1 unspecified atom stereocenters. The van der Waals surface area contributed by atoms with Crippen molar-refractivity contribution in [3.8, 4) is 0 Å². The normalized spacial score (nSPS) is 51.4. The third-order valence-corrected chi connectivity index (χ3v) is 17.5. The molecule has 0 bridgehead atoms. The minimum atomic E-state index is -2.08. The van der Waals surface area contributed by atoms with Crippen molar-refractivity contribution in [2.45, 2.75) is 200 Å². The minimum absolute atomic E-state index is 0.000526. The number of ether oxygens (including phenoxy) is 8. The van der Waals surface area contributed by atoms with Crippen molar-refractivity contribution < 1.29 is 104 Å². The summed E-state index contributed by atoms with van der Waals surface area (Å²) in [5, 5.41) is 134. The summed E-state index contributed by atoms with van der Waals surface area (Å²) in [4.78, 5) is 13.1. The van der Waals surface area contributed by atoms with Crippen molar-refractivity contribution in [2.75, 3.05) is 20.3 Å². The van der Waals surface area contributed by atoms with Crippen molar-refractivity contribution >= 4 is 5.97 Å². The molecule has 1 aromatic rings. The van der Waals surface area contributed by atoms with E-state index >= 15 is 0 Å². The van der Waals surface area contributed by atoms with E-state index in [1.807, 2.05) is 0 Å². The summed E-state index contributed by atoms with van der Waals surface area (Å²) < 4.78 is 46.9. The number of methoxy groups -OCH3 is 1. The lowest BCUT2D eigenvalue weighted by atomic mass is 9.41. The van der Waals surface area contributed by atoms with E-state index < -0.39 is 163 Å². The van der Waals surface area contributed by atoms with Crippen LogP contribution in [0.15, 0.2) is 30.3 Å². The van der Waals surface area contributed by atoms with Crippen molar-refractivity contribution in [3.05, 3.63) is 35.9 Å². The Morgan fingerprint density at radius 3 is 2.04 bits per heavy atom. The summed E-state index contributed by atoms with van der Waals surface area (Å²) in [5.74, 6) is -4.18. The number of carbonyl (C=O) groups excluding carboxylic acids is 1. The highest BCUT2D eigenvalue weighted by molar-refractivity contribution is 5.89. The van der Waals surface area contributed by atoms with Gasteiger partial charge in [0.2, 0.25) is 5.79 Å².